The Balaban J connectivity index is 2.21. The molecule has 0 atom stereocenters. The van der Waals surface area contributed by atoms with Gasteiger partial charge in [-0.1, -0.05) is 0 Å². The Kier molecular flexibility index (Phi) is 4.05. The quantitative estimate of drug-likeness (QED) is 0.898. The van der Waals surface area contributed by atoms with Crippen LogP contribution in [0.2, 0.25) is 0 Å². The molecule has 0 radical (unpaired) electrons. The molecule has 2 aromatic carbocycles. The van der Waals surface area contributed by atoms with E-state index in [4.69, 9.17) is 15.6 Å². The van der Waals surface area contributed by atoms with Gasteiger partial charge in [0.05, 0.1) is 10.0 Å². The zero-order chi connectivity index (χ0) is 14.7. The molecule has 2 aromatic rings. The molecule has 2 rings (SSSR count). The number of rotatable bonds is 4. The first-order valence-electron chi connectivity index (χ1n) is 5.58. The number of carbonyl (C=O) groups excluding carboxylic acids is 1. The zero-order valence-electron chi connectivity index (χ0n) is 10.2. The van der Waals surface area contributed by atoms with E-state index in [0.717, 1.165) is 0 Å². The maximum Gasteiger partial charge on any atom is 0.335 e. The van der Waals surface area contributed by atoms with E-state index in [1.807, 2.05) is 0 Å². The smallest absolute Gasteiger partial charge is 0.335 e. The molecule has 20 heavy (non-hydrogen) atoms. The molecule has 0 aliphatic heterocycles. The van der Waals surface area contributed by atoms with E-state index in [9.17, 15) is 9.59 Å². The predicted molar refractivity (Wildman–Crippen MR) is 76.1 cm³/mol. The average Bonchev–Trinajstić information content (AvgIpc) is 2.41. The SMILES string of the molecule is NC(=O)c1ccc(Oc2ccc(C(=O)O)cc2Br)cc1. The Labute approximate surface area is 123 Å². The van der Waals surface area contributed by atoms with Gasteiger partial charge < -0.3 is 15.6 Å². The predicted octanol–water partition coefficient (Wildman–Crippen LogP) is 3.04. The van der Waals surface area contributed by atoms with Crippen LogP contribution in [0, 0.1) is 0 Å². The van der Waals surface area contributed by atoms with Crippen LogP contribution in [0.15, 0.2) is 46.9 Å². The van der Waals surface area contributed by atoms with Gasteiger partial charge in [-0.3, -0.25) is 4.79 Å². The number of nitrogens with two attached hydrogens (primary N) is 1. The minimum absolute atomic E-state index is 0.160. The van der Waals surface area contributed by atoms with Gasteiger partial charge in [0.15, 0.2) is 0 Å². The summed E-state index contributed by atoms with van der Waals surface area (Å²) in [7, 11) is 0. The summed E-state index contributed by atoms with van der Waals surface area (Å²) >= 11 is 3.25. The third-order valence-corrected chi connectivity index (χ3v) is 3.17. The van der Waals surface area contributed by atoms with Crippen molar-refractivity contribution in [1.29, 1.82) is 0 Å². The zero-order valence-corrected chi connectivity index (χ0v) is 11.8. The summed E-state index contributed by atoms with van der Waals surface area (Å²) in [4.78, 5) is 21.8. The lowest BCUT2D eigenvalue weighted by Crippen LogP contribution is -2.10. The van der Waals surface area contributed by atoms with E-state index < -0.39 is 11.9 Å². The highest BCUT2D eigenvalue weighted by molar-refractivity contribution is 9.10. The van der Waals surface area contributed by atoms with Crippen LogP contribution in [0.25, 0.3) is 0 Å². The highest BCUT2D eigenvalue weighted by Crippen LogP contribution is 2.30. The highest BCUT2D eigenvalue weighted by Gasteiger charge is 2.08. The number of carbonyl (C=O) groups is 2. The molecule has 0 saturated carbocycles. The number of hydrogen-bond donors (Lipinski definition) is 2. The number of primary amides is 1. The summed E-state index contributed by atoms with van der Waals surface area (Å²) in [5.41, 5.74) is 5.69. The van der Waals surface area contributed by atoms with Crippen LogP contribution in [0.5, 0.6) is 11.5 Å². The molecule has 0 heterocycles. The number of halogens is 1. The van der Waals surface area contributed by atoms with Gasteiger partial charge in [-0.05, 0) is 58.4 Å². The van der Waals surface area contributed by atoms with Crippen molar-refractivity contribution in [1.82, 2.24) is 0 Å². The molecule has 0 saturated heterocycles. The fraction of sp³-hybridized carbons (Fsp3) is 0. The van der Waals surface area contributed by atoms with E-state index in [-0.39, 0.29) is 5.56 Å². The van der Waals surface area contributed by atoms with Crippen molar-refractivity contribution in [3.63, 3.8) is 0 Å². The maximum atomic E-state index is 10.9. The highest BCUT2D eigenvalue weighted by atomic mass is 79.9. The second kappa shape index (κ2) is 5.75. The Hall–Kier alpha value is -2.34. The molecular formula is C14H10BrNO4. The first-order valence-corrected chi connectivity index (χ1v) is 6.37. The summed E-state index contributed by atoms with van der Waals surface area (Å²) < 4.78 is 6.11. The van der Waals surface area contributed by atoms with E-state index in [1.54, 1.807) is 30.3 Å². The lowest BCUT2D eigenvalue weighted by molar-refractivity contribution is 0.0696. The molecule has 0 aromatic heterocycles. The van der Waals surface area contributed by atoms with Gasteiger partial charge in [0.2, 0.25) is 5.91 Å². The maximum absolute atomic E-state index is 10.9. The molecule has 0 unspecified atom stereocenters. The number of carboxylic acid groups (broad SMARTS) is 1. The second-order valence-corrected chi connectivity index (χ2v) is 4.80. The van der Waals surface area contributed by atoms with Crippen molar-refractivity contribution in [3.8, 4) is 11.5 Å². The van der Waals surface area contributed by atoms with Gasteiger partial charge in [0.1, 0.15) is 11.5 Å². The molecule has 0 spiro atoms. The lowest BCUT2D eigenvalue weighted by Gasteiger charge is -2.08. The number of carboxylic acids is 1. The number of hydrogen-bond acceptors (Lipinski definition) is 3. The van der Waals surface area contributed by atoms with Crippen molar-refractivity contribution in [3.05, 3.63) is 58.1 Å². The summed E-state index contributed by atoms with van der Waals surface area (Å²) in [6, 6.07) is 10.8. The lowest BCUT2D eigenvalue weighted by atomic mass is 10.2. The van der Waals surface area contributed by atoms with Crippen molar-refractivity contribution >= 4 is 27.8 Å². The number of benzene rings is 2. The Morgan fingerprint density at radius 3 is 2.15 bits per heavy atom. The van der Waals surface area contributed by atoms with E-state index in [0.29, 0.717) is 21.5 Å². The van der Waals surface area contributed by atoms with Gasteiger partial charge in [-0.25, -0.2) is 4.79 Å². The van der Waals surface area contributed by atoms with E-state index in [1.165, 1.54) is 12.1 Å². The van der Waals surface area contributed by atoms with Crippen LogP contribution < -0.4 is 10.5 Å². The van der Waals surface area contributed by atoms with Gasteiger partial charge in [0.25, 0.3) is 0 Å². The summed E-state index contributed by atoms with van der Waals surface area (Å²) in [5.74, 6) is -0.535. The molecule has 1 amide bonds. The Bertz CT molecular complexity index is 667. The normalized spacial score (nSPS) is 10.1. The fourth-order valence-electron chi connectivity index (χ4n) is 1.53. The molecular weight excluding hydrogens is 326 g/mol. The van der Waals surface area contributed by atoms with Crippen molar-refractivity contribution in [2.24, 2.45) is 5.73 Å². The van der Waals surface area contributed by atoms with Gasteiger partial charge >= 0.3 is 5.97 Å². The molecule has 0 fully saturated rings. The van der Waals surface area contributed by atoms with Gasteiger partial charge in [-0.15, -0.1) is 0 Å². The molecule has 6 heteroatoms. The topological polar surface area (TPSA) is 89.6 Å². The summed E-state index contributed by atoms with van der Waals surface area (Å²) in [6.07, 6.45) is 0. The third kappa shape index (κ3) is 3.16. The molecule has 5 nitrogen and oxygen atoms in total. The first kappa shape index (κ1) is 14.1. The van der Waals surface area contributed by atoms with Crippen LogP contribution >= 0.6 is 15.9 Å². The number of amides is 1. The monoisotopic (exact) mass is 335 g/mol. The second-order valence-electron chi connectivity index (χ2n) is 3.94. The van der Waals surface area contributed by atoms with Gasteiger partial charge in [-0.2, -0.15) is 0 Å². The van der Waals surface area contributed by atoms with Crippen LogP contribution in [0.4, 0.5) is 0 Å². The number of ether oxygens (including phenoxy) is 1. The van der Waals surface area contributed by atoms with E-state index >= 15 is 0 Å². The van der Waals surface area contributed by atoms with Crippen LogP contribution in [-0.2, 0) is 0 Å². The fourth-order valence-corrected chi connectivity index (χ4v) is 1.99. The summed E-state index contributed by atoms with van der Waals surface area (Å²) in [5, 5.41) is 8.87. The van der Waals surface area contributed by atoms with Crippen molar-refractivity contribution < 1.29 is 19.4 Å². The average molecular weight is 336 g/mol. The minimum Gasteiger partial charge on any atom is -0.478 e. The van der Waals surface area contributed by atoms with Crippen LogP contribution in [0.3, 0.4) is 0 Å². The Morgan fingerprint density at radius 1 is 1.05 bits per heavy atom. The minimum atomic E-state index is -1.01. The Morgan fingerprint density at radius 2 is 1.65 bits per heavy atom. The van der Waals surface area contributed by atoms with Crippen molar-refractivity contribution in [2.75, 3.05) is 0 Å². The third-order valence-electron chi connectivity index (χ3n) is 2.55. The molecule has 3 N–H and O–H groups in total. The molecule has 0 aliphatic rings. The van der Waals surface area contributed by atoms with Crippen molar-refractivity contribution in [2.45, 2.75) is 0 Å². The molecule has 0 bridgehead atoms. The summed E-state index contributed by atoms with van der Waals surface area (Å²) in [6.45, 7) is 0. The molecule has 0 aliphatic carbocycles. The van der Waals surface area contributed by atoms with Crippen LogP contribution in [0.1, 0.15) is 20.7 Å². The van der Waals surface area contributed by atoms with Crippen LogP contribution in [-0.4, -0.2) is 17.0 Å². The molecule has 102 valence electrons. The van der Waals surface area contributed by atoms with E-state index in [2.05, 4.69) is 15.9 Å². The standard InChI is InChI=1S/C14H10BrNO4/c15-11-7-9(14(18)19)3-6-12(11)20-10-4-1-8(2-5-10)13(16)17/h1-7H,(H2,16,17)(H,18,19). The largest absolute Gasteiger partial charge is 0.478 e. The first-order chi connectivity index (χ1) is 9.47. The number of aromatic carboxylic acids is 1. The van der Waals surface area contributed by atoms with Gasteiger partial charge in [0, 0.05) is 5.56 Å².